The van der Waals surface area contributed by atoms with E-state index >= 15 is 0 Å². The number of imide groups is 1. The van der Waals surface area contributed by atoms with E-state index in [4.69, 9.17) is 4.74 Å². The summed E-state index contributed by atoms with van der Waals surface area (Å²) in [6, 6.07) is 21.2. The van der Waals surface area contributed by atoms with Gasteiger partial charge >= 0.3 is 5.97 Å². The summed E-state index contributed by atoms with van der Waals surface area (Å²) in [5, 5.41) is 9.24. The molecule has 0 aliphatic carbocycles. The van der Waals surface area contributed by atoms with E-state index in [9.17, 15) is 19.6 Å². The second kappa shape index (κ2) is 7.64. The first kappa shape index (κ1) is 19.1. The number of esters is 1. The van der Waals surface area contributed by atoms with Gasteiger partial charge in [-0.25, -0.2) is 4.79 Å². The maximum Gasteiger partial charge on any atom is 0.338 e. The van der Waals surface area contributed by atoms with Gasteiger partial charge in [-0.05, 0) is 41.0 Å². The quantitative estimate of drug-likeness (QED) is 0.494. The molecule has 1 heterocycles. The summed E-state index contributed by atoms with van der Waals surface area (Å²) in [6.45, 7) is 0.0584. The third-order valence-electron chi connectivity index (χ3n) is 5.01. The Bertz CT molecular complexity index is 1220. The largest absolute Gasteiger partial charge is 0.457 e. The molecule has 0 atom stereocenters. The van der Waals surface area contributed by atoms with Gasteiger partial charge in [0.1, 0.15) is 6.61 Å². The van der Waals surface area contributed by atoms with Gasteiger partial charge in [0.05, 0.1) is 28.3 Å². The van der Waals surface area contributed by atoms with Crippen molar-refractivity contribution in [2.75, 3.05) is 7.05 Å². The number of hydrogen-bond acceptors (Lipinski definition) is 5. The number of carbonyl (C=O) groups excluding carboxylic acids is 3. The van der Waals surface area contributed by atoms with Gasteiger partial charge in [0.15, 0.2) is 0 Å². The lowest BCUT2D eigenvalue weighted by molar-refractivity contribution is 0.0472. The Hall–Kier alpha value is -4.24. The van der Waals surface area contributed by atoms with Crippen LogP contribution in [0.1, 0.15) is 42.2 Å². The van der Waals surface area contributed by atoms with Crippen LogP contribution in [0.15, 0.2) is 66.7 Å². The number of nitrogens with zero attached hydrogens (tertiary/aromatic N) is 2. The molecular formula is C24H16N2O4. The Labute approximate surface area is 172 Å². The Balaban J connectivity index is 1.46. The number of ether oxygens (including phenoxy) is 1. The molecule has 3 aromatic carbocycles. The van der Waals surface area contributed by atoms with Crippen molar-refractivity contribution in [1.82, 2.24) is 4.90 Å². The van der Waals surface area contributed by atoms with Crippen molar-refractivity contribution in [3.05, 3.63) is 94.5 Å². The highest BCUT2D eigenvalue weighted by molar-refractivity contribution is 6.21. The summed E-state index contributed by atoms with van der Waals surface area (Å²) in [7, 11) is 1.40. The Morgan fingerprint density at radius 3 is 2.37 bits per heavy atom. The third kappa shape index (κ3) is 3.33. The monoisotopic (exact) mass is 396 g/mol. The topological polar surface area (TPSA) is 87.5 Å². The average molecular weight is 396 g/mol. The summed E-state index contributed by atoms with van der Waals surface area (Å²) < 4.78 is 5.35. The lowest BCUT2D eigenvalue weighted by atomic mass is 9.99. The highest BCUT2D eigenvalue weighted by atomic mass is 16.5. The molecule has 0 saturated carbocycles. The van der Waals surface area contributed by atoms with Gasteiger partial charge in [0.2, 0.25) is 0 Å². The van der Waals surface area contributed by atoms with Crippen LogP contribution in [0.4, 0.5) is 0 Å². The van der Waals surface area contributed by atoms with Crippen LogP contribution in [0.2, 0.25) is 0 Å². The number of amides is 2. The van der Waals surface area contributed by atoms with Crippen molar-refractivity contribution in [2.45, 2.75) is 6.61 Å². The van der Waals surface area contributed by atoms with Crippen molar-refractivity contribution in [3.63, 3.8) is 0 Å². The van der Waals surface area contributed by atoms with Gasteiger partial charge in [-0.2, -0.15) is 5.26 Å². The number of nitriles is 1. The van der Waals surface area contributed by atoms with Crippen molar-refractivity contribution in [1.29, 1.82) is 5.26 Å². The van der Waals surface area contributed by atoms with E-state index in [0.29, 0.717) is 5.56 Å². The number of fused-ring (bicyclic) bond motifs is 1. The molecule has 0 N–H and O–H groups in total. The summed E-state index contributed by atoms with van der Waals surface area (Å²) in [4.78, 5) is 37.4. The molecular weight excluding hydrogens is 380 g/mol. The van der Waals surface area contributed by atoms with Crippen molar-refractivity contribution in [2.24, 2.45) is 0 Å². The predicted octanol–water partition coefficient (Wildman–Crippen LogP) is 3.81. The average Bonchev–Trinajstić information content (AvgIpc) is 3.01. The second-order valence-corrected chi connectivity index (χ2v) is 6.86. The van der Waals surface area contributed by atoms with Crippen LogP contribution >= 0.6 is 0 Å². The molecule has 0 radical (unpaired) electrons. The maximum atomic E-state index is 12.4. The fourth-order valence-electron chi connectivity index (χ4n) is 3.33. The molecule has 6 nitrogen and oxygen atoms in total. The van der Waals surface area contributed by atoms with Crippen molar-refractivity contribution in [3.8, 4) is 17.2 Å². The van der Waals surface area contributed by atoms with E-state index in [1.165, 1.54) is 25.2 Å². The predicted molar refractivity (Wildman–Crippen MR) is 109 cm³/mol. The van der Waals surface area contributed by atoms with E-state index in [-0.39, 0.29) is 29.2 Å². The highest BCUT2D eigenvalue weighted by Crippen LogP contribution is 2.25. The molecule has 0 spiro atoms. The fraction of sp³-hybridized carbons (Fsp3) is 0.0833. The first-order valence-corrected chi connectivity index (χ1v) is 9.21. The van der Waals surface area contributed by atoms with Crippen molar-refractivity contribution < 1.29 is 19.1 Å². The van der Waals surface area contributed by atoms with Crippen LogP contribution in [0, 0.1) is 11.3 Å². The third-order valence-corrected chi connectivity index (χ3v) is 5.01. The van der Waals surface area contributed by atoms with E-state index in [1.807, 2.05) is 42.5 Å². The standard InChI is InChI=1S/C24H16N2O4/c1-26-22(27)20-11-10-17(12-21(20)23(26)28)24(29)30-14-15-6-8-16(9-7-15)19-5-3-2-4-18(19)13-25/h2-12H,14H2,1H3. The van der Waals surface area contributed by atoms with Crippen LogP contribution < -0.4 is 0 Å². The minimum Gasteiger partial charge on any atom is -0.457 e. The van der Waals surface area contributed by atoms with Crippen LogP contribution in [0.5, 0.6) is 0 Å². The van der Waals surface area contributed by atoms with Gasteiger partial charge in [0.25, 0.3) is 11.8 Å². The molecule has 0 aromatic heterocycles. The maximum absolute atomic E-state index is 12.4. The normalized spacial score (nSPS) is 12.5. The minimum absolute atomic E-state index is 0.0584. The van der Waals surface area contributed by atoms with Gasteiger partial charge in [-0.15, -0.1) is 0 Å². The first-order chi connectivity index (χ1) is 14.5. The van der Waals surface area contributed by atoms with E-state index in [1.54, 1.807) is 6.07 Å². The summed E-state index contributed by atoms with van der Waals surface area (Å²) >= 11 is 0. The van der Waals surface area contributed by atoms with Crippen LogP contribution in [-0.2, 0) is 11.3 Å². The van der Waals surface area contributed by atoms with Crippen molar-refractivity contribution >= 4 is 17.8 Å². The molecule has 0 unspecified atom stereocenters. The second-order valence-electron chi connectivity index (χ2n) is 6.86. The number of hydrogen-bond donors (Lipinski definition) is 0. The number of benzene rings is 3. The van der Waals surface area contributed by atoms with E-state index in [0.717, 1.165) is 21.6 Å². The van der Waals surface area contributed by atoms with Crippen LogP contribution in [-0.4, -0.2) is 29.7 Å². The van der Waals surface area contributed by atoms with E-state index in [2.05, 4.69) is 6.07 Å². The molecule has 6 heteroatoms. The Kier molecular flexibility index (Phi) is 4.87. The zero-order chi connectivity index (χ0) is 21.3. The van der Waals surface area contributed by atoms with Gasteiger partial charge in [-0.1, -0.05) is 42.5 Å². The smallest absolute Gasteiger partial charge is 0.338 e. The van der Waals surface area contributed by atoms with Crippen LogP contribution in [0.25, 0.3) is 11.1 Å². The van der Waals surface area contributed by atoms with Gasteiger partial charge < -0.3 is 4.74 Å². The molecule has 0 bridgehead atoms. The molecule has 4 rings (SSSR count). The molecule has 1 aliphatic heterocycles. The lowest BCUT2D eigenvalue weighted by Gasteiger charge is -2.08. The molecule has 146 valence electrons. The zero-order valence-electron chi connectivity index (χ0n) is 16.1. The Morgan fingerprint density at radius 1 is 0.933 bits per heavy atom. The molecule has 0 saturated heterocycles. The summed E-state index contributed by atoms with van der Waals surface area (Å²) in [5.41, 5.74) is 3.81. The number of carbonyl (C=O) groups is 3. The van der Waals surface area contributed by atoms with Gasteiger partial charge in [0, 0.05) is 7.05 Å². The highest BCUT2D eigenvalue weighted by Gasteiger charge is 2.33. The Morgan fingerprint density at radius 2 is 1.63 bits per heavy atom. The lowest BCUT2D eigenvalue weighted by Crippen LogP contribution is -2.24. The van der Waals surface area contributed by atoms with Gasteiger partial charge in [-0.3, -0.25) is 14.5 Å². The SMILES string of the molecule is CN1C(=O)c2ccc(C(=O)OCc3ccc(-c4ccccc4C#N)cc3)cc2C1=O. The van der Waals surface area contributed by atoms with E-state index < -0.39 is 11.9 Å². The molecule has 2 amide bonds. The zero-order valence-corrected chi connectivity index (χ0v) is 16.1. The van der Waals surface area contributed by atoms with Crippen LogP contribution in [0.3, 0.4) is 0 Å². The number of rotatable bonds is 4. The summed E-state index contributed by atoms with van der Waals surface area (Å²) in [5.74, 6) is -1.39. The molecule has 1 aliphatic rings. The minimum atomic E-state index is -0.577. The molecule has 3 aromatic rings. The first-order valence-electron chi connectivity index (χ1n) is 9.21. The molecule has 0 fully saturated rings. The molecule has 30 heavy (non-hydrogen) atoms. The summed E-state index contributed by atoms with van der Waals surface area (Å²) in [6.07, 6.45) is 0. The fourth-order valence-corrected chi connectivity index (χ4v) is 3.33.